The van der Waals surface area contributed by atoms with E-state index in [1.807, 2.05) is 24.5 Å². The van der Waals surface area contributed by atoms with Crippen molar-refractivity contribution in [3.05, 3.63) is 46.5 Å². The molecule has 4 rings (SSSR count). The smallest absolute Gasteiger partial charge is 0.226 e. The summed E-state index contributed by atoms with van der Waals surface area (Å²) in [5.74, 6) is 0.686. The highest BCUT2D eigenvalue weighted by Gasteiger charge is 2.21. The molecule has 0 bridgehead atoms. The zero-order chi connectivity index (χ0) is 18.6. The second-order valence-electron chi connectivity index (χ2n) is 6.84. The quantitative estimate of drug-likeness (QED) is 0.449. The molecule has 0 unspecified atom stereocenters. The molecule has 6 nitrogen and oxygen atoms in total. The summed E-state index contributed by atoms with van der Waals surface area (Å²) < 4.78 is 2.15. The third kappa shape index (κ3) is 4.34. The summed E-state index contributed by atoms with van der Waals surface area (Å²) in [6.45, 7) is 2.25. The summed E-state index contributed by atoms with van der Waals surface area (Å²) in [5.41, 5.74) is 2.75. The summed E-state index contributed by atoms with van der Waals surface area (Å²) in [6.07, 6.45) is 6.72. The number of rotatable bonds is 7. The Labute approximate surface area is 168 Å². The number of aromatic nitrogens is 4. The SMILES string of the molecule is Clc1cccc(CNCCNc2nc(Cl)nc3c2ncn3C2CCCC2)c1. The fraction of sp³-hybridized carbons (Fsp3) is 0.421. The Morgan fingerprint density at radius 1 is 1.11 bits per heavy atom. The van der Waals surface area contributed by atoms with Crippen molar-refractivity contribution in [3.63, 3.8) is 0 Å². The van der Waals surface area contributed by atoms with E-state index in [1.165, 1.54) is 25.7 Å². The fourth-order valence-corrected chi connectivity index (χ4v) is 3.99. The van der Waals surface area contributed by atoms with Crippen LogP contribution in [0.15, 0.2) is 30.6 Å². The van der Waals surface area contributed by atoms with E-state index in [9.17, 15) is 0 Å². The van der Waals surface area contributed by atoms with E-state index in [2.05, 4.69) is 36.2 Å². The number of hydrogen-bond donors (Lipinski definition) is 2. The maximum atomic E-state index is 6.16. The van der Waals surface area contributed by atoms with Gasteiger partial charge in [0, 0.05) is 30.7 Å². The van der Waals surface area contributed by atoms with Gasteiger partial charge in [0.15, 0.2) is 17.0 Å². The second kappa shape index (κ2) is 8.42. The van der Waals surface area contributed by atoms with Crippen LogP contribution in [0, 0.1) is 0 Å². The van der Waals surface area contributed by atoms with Crippen molar-refractivity contribution in [3.8, 4) is 0 Å². The maximum Gasteiger partial charge on any atom is 0.226 e. The molecule has 0 spiro atoms. The zero-order valence-corrected chi connectivity index (χ0v) is 16.5. The summed E-state index contributed by atoms with van der Waals surface area (Å²) in [7, 11) is 0. The lowest BCUT2D eigenvalue weighted by molar-refractivity contribution is 0.529. The van der Waals surface area contributed by atoms with Crippen molar-refractivity contribution in [2.75, 3.05) is 18.4 Å². The van der Waals surface area contributed by atoms with Crippen LogP contribution in [0.3, 0.4) is 0 Å². The molecule has 27 heavy (non-hydrogen) atoms. The predicted octanol–water partition coefficient (Wildman–Crippen LogP) is 4.45. The Balaban J connectivity index is 1.38. The van der Waals surface area contributed by atoms with Crippen molar-refractivity contribution in [1.29, 1.82) is 0 Å². The van der Waals surface area contributed by atoms with E-state index in [1.54, 1.807) is 0 Å². The first kappa shape index (κ1) is 18.5. The summed E-state index contributed by atoms with van der Waals surface area (Å²) >= 11 is 12.2. The van der Waals surface area contributed by atoms with Crippen LogP contribution in [-0.2, 0) is 6.54 Å². The van der Waals surface area contributed by atoms with Gasteiger partial charge in [-0.1, -0.05) is 36.6 Å². The second-order valence-corrected chi connectivity index (χ2v) is 7.61. The molecule has 2 N–H and O–H groups in total. The number of fused-ring (bicyclic) bond motifs is 1. The third-order valence-electron chi connectivity index (χ3n) is 4.92. The third-order valence-corrected chi connectivity index (χ3v) is 5.33. The lowest BCUT2D eigenvalue weighted by Gasteiger charge is -2.12. The van der Waals surface area contributed by atoms with Gasteiger partial charge < -0.3 is 15.2 Å². The molecule has 1 fully saturated rings. The molecule has 8 heteroatoms. The van der Waals surface area contributed by atoms with Crippen LogP contribution in [-0.4, -0.2) is 32.6 Å². The Morgan fingerprint density at radius 3 is 2.78 bits per heavy atom. The highest BCUT2D eigenvalue weighted by atomic mass is 35.5. The molecular formula is C19H22Cl2N6. The van der Waals surface area contributed by atoms with Gasteiger partial charge in [-0.2, -0.15) is 9.97 Å². The van der Waals surface area contributed by atoms with Gasteiger partial charge in [0.05, 0.1) is 6.33 Å². The molecule has 0 amide bonds. The first-order valence-electron chi connectivity index (χ1n) is 9.30. The molecule has 1 aliphatic carbocycles. The topological polar surface area (TPSA) is 67.7 Å². The van der Waals surface area contributed by atoms with E-state index in [4.69, 9.17) is 23.2 Å². The number of nitrogens with zero attached hydrogens (tertiary/aromatic N) is 4. The van der Waals surface area contributed by atoms with E-state index in [0.717, 1.165) is 34.8 Å². The van der Waals surface area contributed by atoms with Crippen molar-refractivity contribution in [2.24, 2.45) is 0 Å². The van der Waals surface area contributed by atoms with Crippen LogP contribution in [0.1, 0.15) is 37.3 Å². The molecule has 1 aromatic carbocycles. The normalized spacial score (nSPS) is 14.9. The highest BCUT2D eigenvalue weighted by molar-refractivity contribution is 6.30. The molecule has 0 aliphatic heterocycles. The first-order chi connectivity index (χ1) is 13.2. The number of halogens is 2. The van der Waals surface area contributed by atoms with Crippen molar-refractivity contribution in [1.82, 2.24) is 24.8 Å². The molecule has 142 valence electrons. The zero-order valence-electron chi connectivity index (χ0n) is 15.0. The van der Waals surface area contributed by atoms with Gasteiger partial charge in [0.2, 0.25) is 5.28 Å². The van der Waals surface area contributed by atoms with Crippen LogP contribution in [0.4, 0.5) is 5.82 Å². The molecule has 0 atom stereocenters. The molecule has 0 radical (unpaired) electrons. The van der Waals surface area contributed by atoms with Gasteiger partial charge >= 0.3 is 0 Å². The highest BCUT2D eigenvalue weighted by Crippen LogP contribution is 2.32. The van der Waals surface area contributed by atoms with Gasteiger partial charge in [-0.05, 0) is 42.1 Å². The standard InChI is InChI=1S/C19H22Cl2N6/c20-14-5-3-4-13(10-14)11-22-8-9-23-17-16-18(26-19(21)25-17)27(12-24-16)15-6-1-2-7-15/h3-5,10,12,15,22H,1-2,6-9,11H2,(H,23,25,26). The number of benzene rings is 1. The van der Waals surface area contributed by atoms with Gasteiger partial charge in [0.1, 0.15) is 0 Å². The number of nitrogens with one attached hydrogen (secondary N) is 2. The number of anilines is 1. The lowest BCUT2D eigenvalue weighted by atomic mass is 10.2. The van der Waals surface area contributed by atoms with Gasteiger partial charge in [-0.15, -0.1) is 0 Å². The largest absolute Gasteiger partial charge is 0.367 e. The van der Waals surface area contributed by atoms with Crippen LogP contribution in [0.2, 0.25) is 10.3 Å². The summed E-state index contributed by atoms with van der Waals surface area (Å²) in [5, 5.41) is 7.72. The number of hydrogen-bond acceptors (Lipinski definition) is 5. The molecule has 2 heterocycles. The molecule has 2 aromatic heterocycles. The van der Waals surface area contributed by atoms with Crippen LogP contribution in [0.25, 0.3) is 11.2 Å². The van der Waals surface area contributed by atoms with Crippen LogP contribution >= 0.6 is 23.2 Å². The van der Waals surface area contributed by atoms with E-state index in [0.29, 0.717) is 18.4 Å². The van der Waals surface area contributed by atoms with Crippen molar-refractivity contribution in [2.45, 2.75) is 38.3 Å². The minimum Gasteiger partial charge on any atom is -0.367 e. The maximum absolute atomic E-state index is 6.16. The Hall–Kier alpha value is -1.89. The van der Waals surface area contributed by atoms with E-state index in [-0.39, 0.29) is 5.28 Å². The van der Waals surface area contributed by atoms with Gasteiger partial charge in [-0.25, -0.2) is 4.98 Å². The Kier molecular flexibility index (Phi) is 5.76. The lowest BCUT2D eigenvalue weighted by Crippen LogP contribution is -2.22. The molecule has 1 saturated carbocycles. The molecule has 3 aromatic rings. The fourth-order valence-electron chi connectivity index (χ4n) is 3.61. The minimum absolute atomic E-state index is 0.247. The average molecular weight is 405 g/mol. The first-order valence-corrected chi connectivity index (χ1v) is 10.1. The van der Waals surface area contributed by atoms with Gasteiger partial charge in [-0.3, -0.25) is 0 Å². The monoisotopic (exact) mass is 404 g/mol. The number of imidazole rings is 1. The van der Waals surface area contributed by atoms with E-state index < -0.39 is 0 Å². The van der Waals surface area contributed by atoms with E-state index >= 15 is 0 Å². The predicted molar refractivity (Wildman–Crippen MR) is 109 cm³/mol. The van der Waals surface area contributed by atoms with Crippen LogP contribution in [0.5, 0.6) is 0 Å². The minimum atomic E-state index is 0.247. The van der Waals surface area contributed by atoms with Crippen molar-refractivity contribution < 1.29 is 0 Å². The van der Waals surface area contributed by atoms with Crippen molar-refractivity contribution >= 4 is 40.2 Å². The molecule has 0 saturated heterocycles. The molecular weight excluding hydrogens is 383 g/mol. The summed E-state index contributed by atoms with van der Waals surface area (Å²) in [6, 6.07) is 8.31. The summed E-state index contributed by atoms with van der Waals surface area (Å²) in [4.78, 5) is 13.3. The average Bonchev–Trinajstić information content (AvgIpc) is 3.30. The molecule has 1 aliphatic rings. The van der Waals surface area contributed by atoms with Crippen LogP contribution < -0.4 is 10.6 Å². The Bertz CT molecular complexity index is 920. The Morgan fingerprint density at radius 2 is 1.96 bits per heavy atom. The van der Waals surface area contributed by atoms with Gasteiger partial charge in [0.25, 0.3) is 0 Å².